The maximum Gasteiger partial charge on any atom is 0.251 e. The van der Waals surface area contributed by atoms with Gasteiger partial charge in [0.1, 0.15) is 0 Å². The molecule has 1 heterocycles. The first-order chi connectivity index (χ1) is 14.4. The zero-order valence-corrected chi connectivity index (χ0v) is 19.4. The number of nitrogens with zero attached hydrogens (tertiary/aromatic N) is 1. The topological polar surface area (TPSA) is 61.4 Å². The summed E-state index contributed by atoms with van der Waals surface area (Å²) in [4.78, 5) is 26.7. The number of aryl methyl sites for hydroxylation is 1. The van der Waals surface area contributed by atoms with Gasteiger partial charge >= 0.3 is 0 Å². The summed E-state index contributed by atoms with van der Waals surface area (Å²) in [6, 6.07) is 13.4. The number of carbonyl (C=O) groups is 2. The summed E-state index contributed by atoms with van der Waals surface area (Å²) in [5, 5.41) is 6.40. The summed E-state index contributed by atoms with van der Waals surface area (Å²) in [7, 11) is 0. The highest BCUT2D eigenvalue weighted by atomic mass is 79.9. The average Bonchev–Trinajstić information content (AvgIpc) is 2.75. The van der Waals surface area contributed by atoms with Gasteiger partial charge in [-0.2, -0.15) is 0 Å². The Morgan fingerprint density at radius 2 is 1.80 bits per heavy atom. The standard InChI is InChI=1S/C23H27BrClN3O2/c1-16-2-5-19(12-21(16)24)23(30)27-14-22(29)26-13-17-8-10-28(11-9-17)15-18-3-6-20(25)7-4-18/h2-7,12,17H,8-11,13-15H2,1H3,(H,26,29)(H,27,30). The molecule has 3 rings (SSSR count). The summed E-state index contributed by atoms with van der Waals surface area (Å²) >= 11 is 9.36. The van der Waals surface area contributed by atoms with Crippen molar-refractivity contribution in [2.75, 3.05) is 26.2 Å². The first kappa shape index (κ1) is 22.8. The zero-order valence-electron chi connectivity index (χ0n) is 17.1. The molecule has 0 aromatic heterocycles. The van der Waals surface area contributed by atoms with Gasteiger partial charge in [-0.05, 0) is 74.2 Å². The van der Waals surface area contributed by atoms with Crippen LogP contribution in [0.15, 0.2) is 46.9 Å². The van der Waals surface area contributed by atoms with Crippen LogP contribution in [-0.4, -0.2) is 42.9 Å². The van der Waals surface area contributed by atoms with E-state index >= 15 is 0 Å². The van der Waals surface area contributed by atoms with Crippen LogP contribution in [0.1, 0.15) is 34.3 Å². The number of carbonyl (C=O) groups excluding carboxylic acids is 2. The van der Waals surface area contributed by atoms with E-state index < -0.39 is 0 Å². The molecule has 7 heteroatoms. The lowest BCUT2D eigenvalue weighted by molar-refractivity contribution is -0.120. The van der Waals surface area contributed by atoms with Crippen LogP contribution < -0.4 is 10.6 Å². The number of nitrogens with one attached hydrogen (secondary N) is 2. The molecule has 0 bridgehead atoms. The number of halogens is 2. The van der Waals surface area contributed by atoms with E-state index in [1.54, 1.807) is 12.1 Å². The molecule has 1 fully saturated rings. The minimum absolute atomic E-state index is 0.0141. The van der Waals surface area contributed by atoms with Gasteiger partial charge in [0.15, 0.2) is 0 Å². The van der Waals surface area contributed by atoms with Crippen molar-refractivity contribution >= 4 is 39.3 Å². The minimum atomic E-state index is -0.249. The molecule has 0 radical (unpaired) electrons. The molecular weight excluding hydrogens is 466 g/mol. The predicted molar refractivity (Wildman–Crippen MR) is 124 cm³/mol. The van der Waals surface area contributed by atoms with Gasteiger partial charge in [-0.25, -0.2) is 0 Å². The summed E-state index contributed by atoms with van der Waals surface area (Å²) in [5.74, 6) is 0.0682. The number of rotatable bonds is 7. The second-order valence-corrected chi connectivity index (χ2v) is 9.09. The van der Waals surface area contributed by atoms with E-state index in [1.165, 1.54) is 5.56 Å². The summed E-state index contributed by atoms with van der Waals surface area (Å²) in [6.45, 7) is 5.56. The molecule has 5 nitrogen and oxygen atoms in total. The lowest BCUT2D eigenvalue weighted by Gasteiger charge is -2.32. The van der Waals surface area contributed by atoms with Crippen LogP contribution in [0.3, 0.4) is 0 Å². The van der Waals surface area contributed by atoms with E-state index in [0.29, 0.717) is 18.0 Å². The largest absolute Gasteiger partial charge is 0.354 e. The Labute approximate surface area is 191 Å². The lowest BCUT2D eigenvalue weighted by atomic mass is 9.96. The third-order valence-corrected chi connectivity index (χ3v) is 6.56. The van der Waals surface area contributed by atoms with Crippen LogP contribution in [0.2, 0.25) is 5.02 Å². The molecule has 0 aliphatic carbocycles. The van der Waals surface area contributed by atoms with Crippen molar-refractivity contribution < 1.29 is 9.59 Å². The van der Waals surface area contributed by atoms with Crippen molar-refractivity contribution in [3.05, 3.63) is 68.7 Å². The smallest absolute Gasteiger partial charge is 0.251 e. The molecular formula is C23H27BrClN3O2. The SMILES string of the molecule is Cc1ccc(C(=O)NCC(=O)NCC2CCN(Cc3ccc(Cl)cc3)CC2)cc1Br. The van der Waals surface area contributed by atoms with Gasteiger partial charge in [0, 0.05) is 28.1 Å². The molecule has 30 heavy (non-hydrogen) atoms. The average molecular weight is 493 g/mol. The minimum Gasteiger partial charge on any atom is -0.354 e. The number of piperidine rings is 1. The Hall–Kier alpha value is -1.89. The van der Waals surface area contributed by atoms with Crippen LogP contribution in [0, 0.1) is 12.8 Å². The van der Waals surface area contributed by atoms with Gasteiger partial charge in [0.05, 0.1) is 6.54 Å². The quantitative estimate of drug-likeness (QED) is 0.610. The zero-order chi connectivity index (χ0) is 21.5. The van der Waals surface area contributed by atoms with Gasteiger partial charge < -0.3 is 10.6 Å². The molecule has 1 saturated heterocycles. The fraction of sp³-hybridized carbons (Fsp3) is 0.391. The van der Waals surface area contributed by atoms with Crippen molar-refractivity contribution in [1.29, 1.82) is 0 Å². The van der Waals surface area contributed by atoms with Crippen LogP contribution >= 0.6 is 27.5 Å². The Bertz CT molecular complexity index is 881. The molecule has 0 unspecified atom stereocenters. The van der Waals surface area contributed by atoms with E-state index in [2.05, 4.69) is 43.6 Å². The molecule has 0 saturated carbocycles. The summed E-state index contributed by atoms with van der Waals surface area (Å²) in [5.41, 5.74) is 2.86. The highest BCUT2D eigenvalue weighted by molar-refractivity contribution is 9.10. The van der Waals surface area contributed by atoms with Crippen molar-refractivity contribution in [3.8, 4) is 0 Å². The van der Waals surface area contributed by atoms with Crippen molar-refractivity contribution in [1.82, 2.24) is 15.5 Å². The fourth-order valence-corrected chi connectivity index (χ4v) is 4.02. The summed E-state index contributed by atoms with van der Waals surface area (Å²) < 4.78 is 0.877. The third-order valence-electron chi connectivity index (χ3n) is 5.46. The normalized spacial score (nSPS) is 15.0. The highest BCUT2D eigenvalue weighted by Gasteiger charge is 2.20. The molecule has 0 atom stereocenters. The summed E-state index contributed by atoms with van der Waals surface area (Å²) in [6.07, 6.45) is 2.11. The molecule has 2 amide bonds. The van der Waals surface area contributed by atoms with Gasteiger partial charge in [-0.15, -0.1) is 0 Å². The van der Waals surface area contributed by atoms with Gasteiger partial charge in [-0.1, -0.05) is 45.7 Å². The lowest BCUT2D eigenvalue weighted by Crippen LogP contribution is -2.41. The monoisotopic (exact) mass is 491 g/mol. The molecule has 2 aromatic carbocycles. The van der Waals surface area contributed by atoms with Gasteiger partial charge in [-0.3, -0.25) is 14.5 Å². The van der Waals surface area contributed by atoms with E-state index in [-0.39, 0.29) is 18.4 Å². The molecule has 1 aliphatic rings. The first-order valence-corrected chi connectivity index (χ1v) is 11.4. The molecule has 2 aromatic rings. The van der Waals surface area contributed by atoms with Crippen molar-refractivity contribution in [2.45, 2.75) is 26.3 Å². The van der Waals surface area contributed by atoms with Crippen LogP contribution in [0.25, 0.3) is 0 Å². The fourth-order valence-electron chi connectivity index (χ4n) is 3.51. The van der Waals surface area contributed by atoms with Gasteiger partial charge in [0.2, 0.25) is 5.91 Å². The van der Waals surface area contributed by atoms with Crippen molar-refractivity contribution in [2.24, 2.45) is 5.92 Å². The number of likely N-dealkylation sites (tertiary alicyclic amines) is 1. The molecule has 0 spiro atoms. The van der Waals surface area contributed by atoms with Crippen molar-refractivity contribution in [3.63, 3.8) is 0 Å². The number of hydrogen-bond acceptors (Lipinski definition) is 3. The maximum absolute atomic E-state index is 12.2. The molecule has 160 valence electrons. The maximum atomic E-state index is 12.2. The first-order valence-electron chi connectivity index (χ1n) is 10.2. The highest BCUT2D eigenvalue weighted by Crippen LogP contribution is 2.19. The molecule has 2 N–H and O–H groups in total. The van der Waals surface area contributed by atoms with Crippen LogP contribution in [0.5, 0.6) is 0 Å². The predicted octanol–water partition coefficient (Wildman–Crippen LogP) is 4.17. The number of amides is 2. The molecule has 1 aliphatic heterocycles. The Balaban J connectivity index is 1.34. The number of benzene rings is 2. The van der Waals surface area contributed by atoms with E-state index in [9.17, 15) is 9.59 Å². The Morgan fingerprint density at radius 1 is 1.10 bits per heavy atom. The van der Waals surface area contributed by atoms with Gasteiger partial charge in [0.25, 0.3) is 5.91 Å². The second-order valence-electron chi connectivity index (χ2n) is 7.80. The van der Waals surface area contributed by atoms with E-state index in [0.717, 1.165) is 47.5 Å². The Morgan fingerprint density at radius 3 is 2.47 bits per heavy atom. The third kappa shape index (κ3) is 6.83. The second kappa shape index (κ2) is 10.9. The van der Waals surface area contributed by atoms with E-state index in [4.69, 9.17) is 11.6 Å². The van der Waals surface area contributed by atoms with E-state index in [1.807, 2.05) is 25.1 Å². The Kier molecular flexibility index (Phi) is 8.31. The van der Waals surface area contributed by atoms with Crippen LogP contribution in [0.4, 0.5) is 0 Å². The van der Waals surface area contributed by atoms with Crippen LogP contribution in [-0.2, 0) is 11.3 Å². The number of hydrogen-bond donors (Lipinski definition) is 2.